The van der Waals surface area contributed by atoms with E-state index in [1.165, 1.54) is 0 Å². The van der Waals surface area contributed by atoms with Gasteiger partial charge in [0.25, 0.3) is 0 Å². The van der Waals surface area contributed by atoms with E-state index >= 15 is 0 Å². The molecule has 0 saturated heterocycles. The van der Waals surface area contributed by atoms with Crippen LogP contribution in [0.1, 0.15) is 100 Å². The minimum atomic E-state index is -2.24. The SMILES string of the molecule is CCCCCCCC(=O)O[C@@]12C[C@@H](C)[C@]34C=C(C)[C@H](OC(=O)[C@H](C)C(C)C)[C@@]3(O)[C@H](O)C(CO)=C[C@H](C4=O)[C@@H]1C2(C)C. The van der Waals surface area contributed by atoms with Gasteiger partial charge in [0.1, 0.15) is 11.7 Å². The molecule has 8 nitrogen and oxygen atoms in total. The van der Waals surface area contributed by atoms with Crippen molar-refractivity contribution in [1.82, 2.24) is 0 Å². The van der Waals surface area contributed by atoms with Crippen molar-refractivity contribution in [1.29, 1.82) is 0 Å². The van der Waals surface area contributed by atoms with Crippen molar-refractivity contribution >= 4 is 17.7 Å². The van der Waals surface area contributed by atoms with Crippen molar-refractivity contribution in [3.05, 3.63) is 23.3 Å². The average Bonchev–Trinajstić information content (AvgIpc) is 3.32. The molecule has 8 heteroatoms. The summed E-state index contributed by atoms with van der Waals surface area (Å²) in [4.78, 5) is 41.2. The third kappa shape index (κ3) is 4.62. The van der Waals surface area contributed by atoms with Crippen LogP contribution in [0.5, 0.6) is 0 Å². The second kappa shape index (κ2) is 11.5. The Morgan fingerprint density at radius 2 is 1.76 bits per heavy atom. The van der Waals surface area contributed by atoms with Crippen molar-refractivity contribution in [3.8, 4) is 0 Å². The number of ether oxygens (including phenoxy) is 2. The molecule has 0 aliphatic heterocycles. The third-order valence-corrected chi connectivity index (χ3v) is 11.4. The summed E-state index contributed by atoms with van der Waals surface area (Å²) in [6, 6.07) is 0. The highest BCUT2D eigenvalue weighted by molar-refractivity contribution is 5.96. The van der Waals surface area contributed by atoms with Crippen LogP contribution in [0.25, 0.3) is 0 Å². The molecular weight excluding hydrogens is 536 g/mol. The Morgan fingerprint density at radius 1 is 1.12 bits per heavy atom. The van der Waals surface area contributed by atoms with Crippen LogP contribution in [0.2, 0.25) is 0 Å². The zero-order valence-electron chi connectivity index (χ0n) is 26.7. The zero-order valence-corrected chi connectivity index (χ0v) is 26.7. The molecule has 1 spiro atoms. The number of hydrogen-bond donors (Lipinski definition) is 3. The van der Waals surface area contributed by atoms with Crippen molar-refractivity contribution in [2.75, 3.05) is 6.61 Å². The number of unbranched alkanes of at least 4 members (excludes halogenated alkanes) is 4. The number of rotatable bonds is 11. The zero-order chi connectivity index (χ0) is 31.4. The maximum Gasteiger partial charge on any atom is 0.309 e. The number of esters is 2. The lowest BCUT2D eigenvalue weighted by Crippen LogP contribution is -2.66. The second-order valence-electron chi connectivity index (χ2n) is 14.5. The van der Waals surface area contributed by atoms with Crippen LogP contribution in [0.3, 0.4) is 0 Å². The van der Waals surface area contributed by atoms with Crippen molar-refractivity contribution in [3.63, 3.8) is 0 Å². The molecule has 0 unspecified atom stereocenters. The van der Waals surface area contributed by atoms with Gasteiger partial charge in [-0.25, -0.2) is 0 Å². The van der Waals surface area contributed by atoms with Gasteiger partial charge in [0.2, 0.25) is 0 Å². The van der Waals surface area contributed by atoms with Gasteiger partial charge in [-0.2, -0.15) is 0 Å². The molecule has 0 aromatic rings. The first-order valence-corrected chi connectivity index (χ1v) is 16.0. The highest BCUT2D eigenvalue weighted by atomic mass is 16.6. The van der Waals surface area contributed by atoms with Gasteiger partial charge in [-0.15, -0.1) is 0 Å². The minimum absolute atomic E-state index is 0.0166. The topological polar surface area (TPSA) is 130 Å². The Hall–Kier alpha value is -2.03. The first-order chi connectivity index (χ1) is 19.6. The molecular formula is C34H52O8. The van der Waals surface area contributed by atoms with Crippen LogP contribution in [-0.4, -0.2) is 63.1 Å². The van der Waals surface area contributed by atoms with Crippen molar-refractivity contribution < 1.29 is 39.2 Å². The maximum atomic E-state index is 14.8. The standard InChI is InChI=1S/C34H52O8/c1-9-10-11-12-13-14-25(36)42-33-17-21(5)32-16-20(4)29(41-30(39)22(6)19(2)3)34(32,40)27(37)23(18-35)15-24(28(32)38)26(33)31(33,7)8/h15-16,19,21-22,24,26-27,29,35,37,40H,9-14,17-18H2,1-8H3/t21-,22-,24+,26-,27-,29+,32+,33+,34+/m1/s1. The van der Waals surface area contributed by atoms with Gasteiger partial charge in [-0.1, -0.05) is 86.3 Å². The number of aliphatic hydroxyl groups excluding tert-OH is 2. The first-order valence-electron chi connectivity index (χ1n) is 16.0. The molecule has 4 aliphatic carbocycles. The molecule has 4 rings (SSSR count). The number of hydrogen-bond acceptors (Lipinski definition) is 8. The number of fused-ring (bicyclic) bond motifs is 3. The maximum absolute atomic E-state index is 14.8. The summed E-state index contributed by atoms with van der Waals surface area (Å²) < 4.78 is 12.3. The van der Waals surface area contributed by atoms with E-state index < -0.39 is 70.5 Å². The Kier molecular flexibility index (Phi) is 8.98. The van der Waals surface area contributed by atoms with E-state index in [1.807, 2.05) is 34.6 Å². The summed E-state index contributed by atoms with van der Waals surface area (Å²) in [5, 5.41) is 34.8. The summed E-state index contributed by atoms with van der Waals surface area (Å²) in [6.07, 6.45) is 5.95. The average molecular weight is 589 g/mol. The van der Waals surface area contributed by atoms with E-state index in [4.69, 9.17) is 9.47 Å². The number of ketones is 1. The van der Waals surface area contributed by atoms with Crippen LogP contribution >= 0.6 is 0 Å². The molecule has 0 aromatic heterocycles. The highest BCUT2D eigenvalue weighted by Gasteiger charge is 2.83. The normalized spacial score (nSPS) is 38.9. The number of allylic oxidation sites excluding steroid dienone is 1. The summed E-state index contributed by atoms with van der Waals surface area (Å²) in [5.74, 6) is -3.40. The van der Waals surface area contributed by atoms with Crippen LogP contribution in [0, 0.1) is 40.4 Å². The van der Waals surface area contributed by atoms with Crippen LogP contribution in [0.15, 0.2) is 23.3 Å². The Labute approximate surface area is 250 Å². The minimum Gasteiger partial charge on any atom is -0.458 e. The quantitative estimate of drug-likeness (QED) is 0.180. The van der Waals surface area contributed by atoms with Crippen LogP contribution in [0.4, 0.5) is 0 Å². The molecule has 2 fully saturated rings. The molecule has 0 aromatic carbocycles. The fraction of sp³-hybridized carbons (Fsp3) is 0.794. The Bertz CT molecular complexity index is 1150. The Balaban J connectivity index is 1.76. The fourth-order valence-corrected chi connectivity index (χ4v) is 8.52. The van der Waals surface area contributed by atoms with E-state index in [2.05, 4.69) is 6.92 Å². The van der Waals surface area contributed by atoms with Gasteiger partial charge >= 0.3 is 11.9 Å². The molecule has 236 valence electrons. The van der Waals surface area contributed by atoms with E-state index in [9.17, 15) is 29.7 Å². The number of Topliss-reactive ketones (excluding diaryl/α,β-unsaturated/α-hetero) is 1. The number of aliphatic hydroxyl groups is 3. The molecule has 2 saturated carbocycles. The largest absolute Gasteiger partial charge is 0.458 e. The predicted octanol–water partition coefficient (Wildman–Crippen LogP) is 4.68. The molecule has 3 N–H and O–H groups in total. The lowest BCUT2D eigenvalue weighted by molar-refractivity contribution is -0.206. The van der Waals surface area contributed by atoms with Crippen LogP contribution in [-0.2, 0) is 23.9 Å². The fourth-order valence-electron chi connectivity index (χ4n) is 8.52. The summed E-state index contributed by atoms with van der Waals surface area (Å²) in [7, 11) is 0. The van der Waals surface area contributed by atoms with Gasteiger partial charge in [0, 0.05) is 23.7 Å². The molecule has 4 aliphatic rings. The molecule has 9 atom stereocenters. The summed E-state index contributed by atoms with van der Waals surface area (Å²) in [5.41, 5.74) is -4.77. The second-order valence-corrected chi connectivity index (χ2v) is 14.5. The van der Waals surface area contributed by atoms with Gasteiger partial charge in [-0.3, -0.25) is 14.4 Å². The molecule has 0 amide bonds. The molecule has 2 bridgehead atoms. The molecule has 0 heterocycles. The van der Waals surface area contributed by atoms with Crippen molar-refractivity contribution in [2.45, 2.75) is 124 Å². The third-order valence-electron chi connectivity index (χ3n) is 11.4. The number of carbonyl (C=O) groups is 3. The monoisotopic (exact) mass is 588 g/mol. The van der Waals surface area contributed by atoms with E-state index in [1.54, 1.807) is 26.0 Å². The van der Waals surface area contributed by atoms with Gasteiger partial charge in [-0.05, 0) is 42.7 Å². The van der Waals surface area contributed by atoms with Gasteiger partial charge in [0.05, 0.1) is 17.9 Å². The summed E-state index contributed by atoms with van der Waals surface area (Å²) >= 11 is 0. The highest BCUT2D eigenvalue weighted by Crippen LogP contribution is 2.75. The van der Waals surface area contributed by atoms with Crippen molar-refractivity contribution in [2.24, 2.45) is 40.4 Å². The van der Waals surface area contributed by atoms with E-state index in [0.717, 1.165) is 32.1 Å². The Morgan fingerprint density at radius 3 is 2.36 bits per heavy atom. The predicted molar refractivity (Wildman–Crippen MR) is 158 cm³/mol. The first kappa shape index (κ1) is 32.9. The number of carbonyl (C=O) groups excluding carboxylic acids is 3. The molecule has 42 heavy (non-hydrogen) atoms. The smallest absolute Gasteiger partial charge is 0.309 e. The lowest BCUT2D eigenvalue weighted by atomic mass is 9.59. The van der Waals surface area contributed by atoms with Gasteiger partial charge < -0.3 is 24.8 Å². The summed E-state index contributed by atoms with van der Waals surface area (Å²) in [6.45, 7) is 14.6. The molecule has 0 radical (unpaired) electrons. The van der Waals surface area contributed by atoms with Crippen LogP contribution < -0.4 is 0 Å². The van der Waals surface area contributed by atoms with E-state index in [0.29, 0.717) is 18.4 Å². The van der Waals surface area contributed by atoms with E-state index in [-0.39, 0.29) is 23.2 Å². The lowest BCUT2D eigenvalue weighted by Gasteiger charge is -2.49. The van der Waals surface area contributed by atoms with Gasteiger partial charge in [0.15, 0.2) is 17.5 Å².